The van der Waals surface area contributed by atoms with Gasteiger partial charge in [-0.1, -0.05) is 38.1 Å². The van der Waals surface area contributed by atoms with E-state index in [4.69, 9.17) is 4.42 Å². The Morgan fingerprint density at radius 2 is 1.81 bits per heavy atom. The van der Waals surface area contributed by atoms with E-state index < -0.39 is 0 Å². The molecule has 3 heteroatoms. The summed E-state index contributed by atoms with van der Waals surface area (Å²) in [5, 5.41) is 0.794. The number of hydrogen-bond acceptors (Lipinski definition) is 2. The van der Waals surface area contributed by atoms with Gasteiger partial charge < -0.3 is 4.42 Å². The van der Waals surface area contributed by atoms with Gasteiger partial charge in [-0.15, -0.1) is 0 Å². The molecular weight excluding hydrogens is 267 g/mol. The molecule has 0 atom stereocenters. The minimum absolute atomic E-state index is 0.124. The first-order valence-corrected chi connectivity index (χ1v) is 6.88. The molecule has 0 spiro atoms. The second-order valence-electron chi connectivity index (χ2n) is 5.34. The third kappa shape index (κ3) is 2.25. The molecule has 21 heavy (non-hydrogen) atoms. The molecule has 2 aromatic carbocycles. The summed E-state index contributed by atoms with van der Waals surface area (Å²) >= 11 is 0. The van der Waals surface area contributed by atoms with Gasteiger partial charge in [-0.3, -0.25) is 4.79 Å². The minimum Gasteiger partial charge on any atom is -0.460 e. The minimum atomic E-state index is -0.281. The highest BCUT2D eigenvalue weighted by Gasteiger charge is 2.19. The molecule has 106 valence electrons. The summed E-state index contributed by atoms with van der Waals surface area (Å²) in [6, 6.07) is 11.9. The molecule has 0 aliphatic rings. The number of halogens is 1. The zero-order valence-corrected chi connectivity index (χ0v) is 11.9. The van der Waals surface area contributed by atoms with Crippen LogP contribution >= 0.6 is 0 Å². The van der Waals surface area contributed by atoms with Crippen LogP contribution in [0.2, 0.25) is 0 Å². The van der Waals surface area contributed by atoms with Crippen LogP contribution in [0, 0.1) is 5.82 Å². The maximum absolute atomic E-state index is 13.1. The van der Waals surface area contributed by atoms with E-state index in [0.29, 0.717) is 16.9 Å². The maximum atomic E-state index is 13.1. The fourth-order valence-electron chi connectivity index (χ4n) is 2.61. The van der Waals surface area contributed by atoms with Crippen LogP contribution in [0.4, 0.5) is 4.39 Å². The first kappa shape index (κ1) is 13.6. The van der Waals surface area contributed by atoms with E-state index in [1.807, 2.05) is 32.0 Å². The molecule has 0 amide bonds. The van der Waals surface area contributed by atoms with Crippen LogP contribution in [-0.2, 0) is 0 Å². The zero-order chi connectivity index (χ0) is 15.0. The van der Waals surface area contributed by atoms with Gasteiger partial charge >= 0.3 is 0 Å². The van der Waals surface area contributed by atoms with Gasteiger partial charge in [0.15, 0.2) is 6.29 Å². The number of benzene rings is 2. The molecule has 0 fully saturated rings. The summed E-state index contributed by atoms with van der Waals surface area (Å²) in [7, 11) is 0. The lowest BCUT2D eigenvalue weighted by atomic mass is 9.97. The summed E-state index contributed by atoms with van der Waals surface area (Å²) in [5.74, 6) is 0.532. The number of carbonyl (C=O) groups is 1. The second-order valence-corrected chi connectivity index (χ2v) is 5.34. The lowest BCUT2D eigenvalue weighted by Crippen LogP contribution is -1.91. The second kappa shape index (κ2) is 5.17. The summed E-state index contributed by atoms with van der Waals surface area (Å²) in [6.45, 7) is 3.98. The smallest absolute Gasteiger partial charge is 0.154 e. The van der Waals surface area contributed by atoms with Gasteiger partial charge in [0.1, 0.15) is 17.2 Å². The van der Waals surface area contributed by atoms with Gasteiger partial charge in [-0.2, -0.15) is 0 Å². The number of carbonyl (C=O) groups excluding carboxylic acids is 1. The van der Waals surface area contributed by atoms with Crippen molar-refractivity contribution in [3.63, 3.8) is 0 Å². The molecule has 0 aliphatic carbocycles. The molecule has 0 radical (unpaired) electrons. The topological polar surface area (TPSA) is 30.2 Å². The van der Waals surface area contributed by atoms with Gasteiger partial charge in [0.2, 0.25) is 0 Å². The average molecular weight is 282 g/mol. The van der Waals surface area contributed by atoms with Gasteiger partial charge in [-0.25, -0.2) is 4.39 Å². The molecule has 0 saturated carbocycles. The monoisotopic (exact) mass is 282 g/mol. The molecule has 1 heterocycles. The molecule has 0 aliphatic heterocycles. The molecule has 0 saturated heterocycles. The number of hydrogen-bond donors (Lipinski definition) is 0. The van der Waals surface area contributed by atoms with Crippen LogP contribution < -0.4 is 0 Å². The Balaban J connectivity index is 2.33. The lowest BCUT2D eigenvalue weighted by Gasteiger charge is -2.04. The highest BCUT2D eigenvalue weighted by Crippen LogP contribution is 2.36. The van der Waals surface area contributed by atoms with Crippen LogP contribution in [-0.4, -0.2) is 6.29 Å². The quantitative estimate of drug-likeness (QED) is 0.620. The van der Waals surface area contributed by atoms with E-state index in [2.05, 4.69) is 0 Å². The Morgan fingerprint density at radius 3 is 2.43 bits per heavy atom. The summed E-state index contributed by atoms with van der Waals surface area (Å²) < 4.78 is 18.9. The number of fused-ring (bicyclic) bond motifs is 1. The highest BCUT2D eigenvalue weighted by molar-refractivity contribution is 6.06. The van der Waals surface area contributed by atoms with E-state index in [1.165, 1.54) is 12.1 Å². The maximum Gasteiger partial charge on any atom is 0.154 e. The van der Waals surface area contributed by atoms with E-state index in [9.17, 15) is 9.18 Å². The third-order valence-electron chi connectivity index (χ3n) is 3.58. The normalized spacial score (nSPS) is 11.2. The van der Waals surface area contributed by atoms with E-state index in [0.717, 1.165) is 22.8 Å². The average Bonchev–Trinajstić information content (AvgIpc) is 2.87. The fourth-order valence-corrected chi connectivity index (χ4v) is 2.61. The zero-order valence-electron chi connectivity index (χ0n) is 11.9. The van der Waals surface area contributed by atoms with E-state index >= 15 is 0 Å². The van der Waals surface area contributed by atoms with Gasteiger partial charge in [0.05, 0.1) is 5.56 Å². The first-order chi connectivity index (χ1) is 10.1. The molecule has 3 rings (SSSR count). The van der Waals surface area contributed by atoms with E-state index in [1.54, 1.807) is 12.1 Å². The molecule has 1 aromatic heterocycles. The van der Waals surface area contributed by atoms with Crippen LogP contribution in [0.15, 0.2) is 46.9 Å². The lowest BCUT2D eigenvalue weighted by molar-refractivity contribution is 0.112. The standard InChI is InChI=1S/C18H15FO2/c1-11(2)18-15(10-20)17-14(4-3-5-16(17)21-18)12-6-8-13(19)9-7-12/h3-11H,1-2H3. The Bertz CT molecular complexity index is 798. The van der Waals surface area contributed by atoms with E-state index in [-0.39, 0.29) is 11.7 Å². The van der Waals surface area contributed by atoms with Crippen molar-refractivity contribution in [3.8, 4) is 11.1 Å². The number of rotatable bonds is 3. The summed E-state index contributed by atoms with van der Waals surface area (Å²) in [4.78, 5) is 11.5. The Hall–Kier alpha value is -2.42. The van der Waals surface area contributed by atoms with Crippen molar-refractivity contribution in [2.24, 2.45) is 0 Å². The molecule has 0 N–H and O–H groups in total. The highest BCUT2D eigenvalue weighted by atomic mass is 19.1. The van der Waals surface area contributed by atoms with Gasteiger partial charge in [0, 0.05) is 11.3 Å². The fraction of sp³-hybridized carbons (Fsp3) is 0.167. The summed E-state index contributed by atoms with van der Waals surface area (Å²) in [5.41, 5.74) is 3.01. The molecule has 2 nitrogen and oxygen atoms in total. The molecule has 3 aromatic rings. The van der Waals surface area contributed by atoms with Crippen molar-refractivity contribution >= 4 is 17.3 Å². The van der Waals surface area contributed by atoms with Crippen molar-refractivity contribution in [1.29, 1.82) is 0 Å². The van der Waals surface area contributed by atoms with Crippen LogP contribution in [0.1, 0.15) is 35.9 Å². The predicted octanol–water partition coefficient (Wildman–Crippen LogP) is 5.17. The number of furan rings is 1. The molecular formula is C18H15FO2. The Kier molecular flexibility index (Phi) is 3.34. The van der Waals surface area contributed by atoms with Gasteiger partial charge in [0.25, 0.3) is 0 Å². The van der Waals surface area contributed by atoms with Crippen molar-refractivity contribution in [2.75, 3.05) is 0 Å². The Labute approximate surface area is 122 Å². The van der Waals surface area contributed by atoms with Gasteiger partial charge in [-0.05, 0) is 29.3 Å². The SMILES string of the molecule is CC(C)c1oc2cccc(-c3ccc(F)cc3)c2c1C=O. The van der Waals surface area contributed by atoms with Crippen LogP contribution in [0.5, 0.6) is 0 Å². The number of aldehydes is 1. The Morgan fingerprint density at radius 1 is 1.10 bits per heavy atom. The largest absolute Gasteiger partial charge is 0.460 e. The predicted molar refractivity (Wildman–Crippen MR) is 81.1 cm³/mol. The van der Waals surface area contributed by atoms with Crippen LogP contribution in [0.3, 0.4) is 0 Å². The third-order valence-corrected chi connectivity index (χ3v) is 3.58. The van der Waals surface area contributed by atoms with Crippen LogP contribution in [0.25, 0.3) is 22.1 Å². The van der Waals surface area contributed by atoms with Crippen molar-refractivity contribution < 1.29 is 13.6 Å². The molecule has 0 bridgehead atoms. The van der Waals surface area contributed by atoms with Crippen molar-refractivity contribution in [3.05, 3.63) is 59.6 Å². The summed E-state index contributed by atoms with van der Waals surface area (Å²) in [6.07, 6.45) is 0.841. The first-order valence-electron chi connectivity index (χ1n) is 6.88. The van der Waals surface area contributed by atoms with Crippen molar-refractivity contribution in [1.82, 2.24) is 0 Å². The van der Waals surface area contributed by atoms with Crippen molar-refractivity contribution in [2.45, 2.75) is 19.8 Å². The molecule has 0 unspecified atom stereocenters.